The molecule has 0 aromatic carbocycles. The van der Waals surface area contributed by atoms with Crippen molar-refractivity contribution in [1.82, 2.24) is 10.6 Å². The number of methoxy groups -OCH3 is 1. The Hall–Kier alpha value is -0.0400. The molecule has 1 unspecified atom stereocenters. The lowest BCUT2D eigenvalue weighted by Gasteiger charge is -2.20. The molecule has 0 aliphatic heterocycles. The number of nitrogens with one attached hydrogen (secondary N) is 2. The molecule has 0 fully saturated rings. The molecule has 0 bridgehead atoms. The predicted molar refractivity (Wildman–Crippen MR) is 85.3 cm³/mol. The van der Waals surface area contributed by atoms with Crippen molar-refractivity contribution in [3.8, 4) is 0 Å². The highest BCUT2D eigenvalue weighted by Crippen LogP contribution is 1.99. The molecule has 104 valence electrons. The molecule has 0 aliphatic rings. The number of guanidine groups is 1. The van der Waals surface area contributed by atoms with E-state index in [-0.39, 0.29) is 24.0 Å². The maximum absolute atomic E-state index is 4.99. The van der Waals surface area contributed by atoms with Crippen LogP contribution in [0.5, 0.6) is 0 Å². The number of aliphatic imine (C=N–C) groups is 1. The Morgan fingerprint density at radius 1 is 1.29 bits per heavy atom. The zero-order valence-corrected chi connectivity index (χ0v) is 14.1. The number of hydrogen-bond donors (Lipinski definition) is 2. The fraction of sp³-hybridized carbons (Fsp3) is 0.917. The first-order valence-electron chi connectivity index (χ1n) is 6.15. The number of halogens is 1. The van der Waals surface area contributed by atoms with E-state index in [9.17, 15) is 0 Å². The summed E-state index contributed by atoms with van der Waals surface area (Å²) in [6.45, 7) is 11.1. The summed E-state index contributed by atoms with van der Waals surface area (Å²) in [6.07, 6.45) is 0.961. The van der Waals surface area contributed by atoms with Crippen LogP contribution in [0.4, 0.5) is 0 Å². The monoisotopic (exact) mass is 357 g/mol. The van der Waals surface area contributed by atoms with Crippen LogP contribution in [0.3, 0.4) is 0 Å². The lowest BCUT2D eigenvalue weighted by Crippen LogP contribution is -2.44. The van der Waals surface area contributed by atoms with Gasteiger partial charge in [0.2, 0.25) is 0 Å². The minimum atomic E-state index is 0. The van der Waals surface area contributed by atoms with Crippen LogP contribution >= 0.6 is 24.0 Å². The summed E-state index contributed by atoms with van der Waals surface area (Å²) >= 11 is 0. The van der Waals surface area contributed by atoms with Gasteiger partial charge in [0, 0.05) is 32.8 Å². The maximum atomic E-state index is 4.99. The van der Waals surface area contributed by atoms with Crippen molar-refractivity contribution in [2.24, 2.45) is 10.9 Å². The zero-order valence-electron chi connectivity index (χ0n) is 11.7. The Morgan fingerprint density at radius 2 is 1.94 bits per heavy atom. The van der Waals surface area contributed by atoms with E-state index in [1.54, 1.807) is 7.11 Å². The van der Waals surface area contributed by atoms with E-state index < -0.39 is 0 Å². The fourth-order valence-electron chi connectivity index (χ4n) is 1.10. The Kier molecular flexibility index (Phi) is 14.1. The summed E-state index contributed by atoms with van der Waals surface area (Å²) in [6, 6.07) is 0.431. The van der Waals surface area contributed by atoms with Gasteiger partial charge in [-0.25, -0.2) is 0 Å². The van der Waals surface area contributed by atoms with Crippen LogP contribution in [-0.2, 0) is 4.74 Å². The van der Waals surface area contributed by atoms with Crippen LogP contribution in [0, 0.1) is 5.92 Å². The third-order valence-electron chi connectivity index (χ3n) is 2.49. The molecule has 0 aromatic rings. The van der Waals surface area contributed by atoms with E-state index in [0.717, 1.165) is 32.1 Å². The van der Waals surface area contributed by atoms with Gasteiger partial charge in [-0.3, -0.25) is 4.99 Å². The molecule has 0 heterocycles. The summed E-state index contributed by atoms with van der Waals surface area (Å²) < 4.78 is 4.99. The first-order valence-corrected chi connectivity index (χ1v) is 6.15. The van der Waals surface area contributed by atoms with E-state index in [4.69, 9.17) is 4.74 Å². The van der Waals surface area contributed by atoms with E-state index in [2.05, 4.69) is 43.3 Å². The van der Waals surface area contributed by atoms with Gasteiger partial charge in [-0.2, -0.15) is 0 Å². The van der Waals surface area contributed by atoms with Crippen molar-refractivity contribution in [3.05, 3.63) is 0 Å². The highest BCUT2D eigenvalue weighted by Gasteiger charge is 2.08. The number of rotatable bonds is 7. The average molecular weight is 357 g/mol. The summed E-state index contributed by atoms with van der Waals surface area (Å²) in [5.74, 6) is 1.50. The van der Waals surface area contributed by atoms with Gasteiger partial charge in [-0.15, -0.1) is 24.0 Å². The molecule has 0 spiro atoms. The Labute approximate surface area is 123 Å². The van der Waals surface area contributed by atoms with Crippen LogP contribution < -0.4 is 10.6 Å². The molecule has 0 saturated heterocycles. The van der Waals surface area contributed by atoms with Crippen LogP contribution in [-0.4, -0.2) is 38.8 Å². The minimum Gasteiger partial charge on any atom is -0.385 e. The molecule has 0 radical (unpaired) electrons. The van der Waals surface area contributed by atoms with Gasteiger partial charge in [-0.1, -0.05) is 13.8 Å². The third kappa shape index (κ3) is 10.8. The Balaban J connectivity index is 0. The lowest BCUT2D eigenvalue weighted by atomic mass is 10.1. The first kappa shape index (κ1) is 19.3. The third-order valence-corrected chi connectivity index (χ3v) is 2.49. The molecule has 0 aliphatic carbocycles. The van der Waals surface area contributed by atoms with Crippen LogP contribution in [0.1, 0.15) is 34.1 Å². The molecule has 1 atom stereocenters. The predicted octanol–water partition coefficient (Wildman–Crippen LogP) is 2.24. The molecule has 2 N–H and O–H groups in total. The molecule has 0 saturated carbocycles. The largest absolute Gasteiger partial charge is 0.385 e. The van der Waals surface area contributed by atoms with Crippen LogP contribution in [0.15, 0.2) is 4.99 Å². The fourth-order valence-corrected chi connectivity index (χ4v) is 1.10. The molecule has 4 nitrogen and oxygen atoms in total. The molecular formula is C12H28IN3O. The molecule has 17 heavy (non-hydrogen) atoms. The van der Waals surface area contributed by atoms with Crippen molar-refractivity contribution < 1.29 is 4.74 Å². The topological polar surface area (TPSA) is 45.7 Å². The number of ether oxygens (including phenoxy) is 1. The number of nitrogens with zero attached hydrogens (tertiary/aromatic N) is 1. The van der Waals surface area contributed by atoms with Gasteiger partial charge in [0.15, 0.2) is 5.96 Å². The second-order valence-corrected chi connectivity index (χ2v) is 4.28. The number of hydrogen-bond acceptors (Lipinski definition) is 2. The zero-order chi connectivity index (χ0) is 12.4. The van der Waals surface area contributed by atoms with Crippen molar-refractivity contribution in [2.75, 3.05) is 26.8 Å². The van der Waals surface area contributed by atoms with Crippen molar-refractivity contribution in [1.29, 1.82) is 0 Å². The second-order valence-electron chi connectivity index (χ2n) is 4.28. The molecule has 0 rings (SSSR count). The quantitative estimate of drug-likeness (QED) is 0.318. The van der Waals surface area contributed by atoms with Crippen molar-refractivity contribution in [3.63, 3.8) is 0 Å². The Morgan fingerprint density at radius 3 is 2.41 bits per heavy atom. The Bertz CT molecular complexity index is 198. The first-order chi connectivity index (χ1) is 7.61. The van der Waals surface area contributed by atoms with E-state index >= 15 is 0 Å². The van der Waals surface area contributed by atoms with Gasteiger partial charge in [0.25, 0.3) is 0 Å². The maximum Gasteiger partial charge on any atom is 0.191 e. The molecular weight excluding hydrogens is 329 g/mol. The average Bonchev–Trinajstić information content (AvgIpc) is 2.24. The second kappa shape index (κ2) is 12.4. The van der Waals surface area contributed by atoms with Crippen LogP contribution in [0.25, 0.3) is 0 Å². The van der Waals surface area contributed by atoms with Gasteiger partial charge in [0.05, 0.1) is 0 Å². The lowest BCUT2D eigenvalue weighted by molar-refractivity contribution is 0.197. The molecule has 0 aromatic heterocycles. The summed E-state index contributed by atoms with van der Waals surface area (Å²) in [5, 5.41) is 6.64. The molecule has 5 heteroatoms. The van der Waals surface area contributed by atoms with E-state index in [1.165, 1.54) is 0 Å². The van der Waals surface area contributed by atoms with Crippen LogP contribution in [0.2, 0.25) is 0 Å². The normalized spacial score (nSPS) is 13.2. The molecule has 0 amide bonds. The van der Waals surface area contributed by atoms with Gasteiger partial charge < -0.3 is 15.4 Å². The highest BCUT2D eigenvalue weighted by molar-refractivity contribution is 14.0. The minimum absolute atomic E-state index is 0. The van der Waals surface area contributed by atoms with Gasteiger partial charge >= 0.3 is 0 Å². The smallest absolute Gasteiger partial charge is 0.191 e. The highest BCUT2D eigenvalue weighted by atomic mass is 127. The van der Waals surface area contributed by atoms with Gasteiger partial charge in [-0.05, 0) is 26.2 Å². The van der Waals surface area contributed by atoms with Crippen molar-refractivity contribution in [2.45, 2.75) is 40.2 Å². The summed E-state index contributed by atoms with van der Waals surface area (Å²) in [4.78, 5) is 4.49. The van der Waals surface area contributed by atoms with E-state index in [0.29, 0.717) is 12.0 Å². The van der Waals surface area contributed by atoms with Gasteiger partial charge in [0.1, 0.15) is 0 Å². The summed E-state index contributed by atoms with van der Waals surface area (Å²) in [7, 11) is 1.72. The SMILES string of the molecule is CCNC(=NCCCOC)NC(C)C(C)C.I. The summed E-state index contributed by atoms with van der Waals surface area (Å²) in [5.41, 5.74) is 0. The van der Waals surface area contributed by atoms with Crippen molar-refractivity contribution >= 4 is 29.9 Å². The standard InChI is InChI=1S/C12H27N3O.HI/c1-6-13-12(14-8-7-9-16-5)15-11(4)10(2)3;/h10-11H,6-9H2,1-5H3,(H2,13,14,15);1H. The van der Waals surface area contributed by atoms with E-state index in [1.807, 2.05) is 0 Å².